The van der Waals surface area contributed by atoms with Crippen molar-refractivity contribution in [1.29, 1.82) is 0 Å². The lowest BCUT2D eigenvalue weighted by atomic mass is 10.1. The van der Waals surface area contributed by atoms with Gasteiger partial charge >= 0.3 is 0 Å². The van der Waals surface area contributed by atoms with Crippen LogP contribution in [0.15, 0.2) is 18.2 Å². The van der Waals surface area contributed by atoms with Crippen LogP contribution in [0.3, 0.4) is 0 Å². The molecular weight excluding hydrogens is 290 g/mol. The van der Waals surface area contributed by atoms with Crippen LogP contribution in [-0.4, -0.2) is 30.4 Å². The number of hydrogen-bond donors (Lipinski definition) is 2. The van der Waals surface area contributed by atoms with Gasteiger partial charge in [0.05, 0.1) is 6.54 Å². The highest BCUT2D eigenvalue weighted by molar-refractivity contribution is 6.31. The summed E-state index contributed by atoms with van der Waals surface area (Å²) in [4.78, 5) is 25.3. The third kappa shape index (κ3) is 3.04. The molecule has 1 unspecified atom stereocenters. The Morgan fingerprint density at radius 1 is 1.38 bits per heavy atom. The second kappa shape index (κ2) is 5.66. The average Bonchev–Trinajstić information content (AvgIpc) is 3.25. The molecule has 1 aliphatic carbocycles. The standard InChI is InChI=1S/C15H18ClN3O2/c1-9-15(21)18-14(20)8-19(9)13-4-2-3-12(16)11(13)7-17-10-5-6-10/h2-4,9-10,17H,5-8H2,1H3,(H,18,20,21). The van der Waals surface area contributed by atoms with Crippen LogP contribution < -0.4 is 15.5 Å². The van der Waals surface area contributed by atoms with Crippen molar-refractivity contribution in [2.75, 3.05) is 11.4 Å². The zero-order chi connectivity index (χ0) is 15.0. The summed E-state index contributed by atoms with van der Waals surface area (Å²) < 4.78 is 0. The normalized spacial score (nSPS) is 22.4. The lowest BCUT2D eigenvalue weighted by Gasteiger charge is -2.35. The topological polar surface area (TPSA) is 61.4 Å². The Bertz CT molecular complexity index is 586. The number of piperazine rings is 1. The third-order valence-corrected chi connectivity index (χ3v) is 4.33. The van der Waals surface area contributed by atoms with Crippen molar-refractivity contribution in [3.63, 3.8) is 0 Å². The molecule has 2 fully saturated rings. The number of anilines is 1. The molecule has 3 rings (SSSR count). The fourth-order valence-corrected chi connectivity index (χ4v) is 2.77. The molecular formula is C15H18ClN3O2. The fourth-order valence-electron chi connectivity index (χ4n) is 2.53. The monoisotopic (exact) mass is 307 g/mol. The maximum absolute atomic E-state index is 11.8. The molecule has 1 aromatic carbocycles. The molecule has 1 aromatic rings. The molecule has 1 aliphatic heterocycles. The highest BCUT2D eigenvalue weighted by Crippen LogP contribution is 2.30. The fraction of sp³-hybridized carbons (Fsp3) is 0.467. The number of hydrogen-bond acceptors (Lipinski definition) is 4. The SMILES string of the molecule is CC1C(=O)NC(=O)CN1c1cccc(Cl)c1CNC1CC1. The summed E-state index contributed by atoms with van der Waals surface area (Å²) in [7, 11) is 0. The van der Waals surface area contributed by atoms with Gasteiger partial charge in [-0.25, -0.2) is 0 Å². The Kier molecular flexibility index (Phi) is 3.87. The minimum Gasteiger partial charge on any atom is -0.350 e. The van der Waals surface area contributed by atoms with Gasteiger partial charge in [0.15, 0.2) is 0 Å². The van der Waals surface area contributed by atoms with E-state index >= 15 is 0 Å². The number of amides is 2. The van der Waals surface area contributed by atoms with E-state index in [2.05, 4.69) is 10.6 Å². The molecule has 2 aliphatic rings. The Labute approximate surface area is 128 Å². The van der Waals surface area contributed by atoms with Crippen LogP contribution in [0.1, 0.15) is 25.3 Å². The predicted octanol–water partition coefficient (Wildman–Crippen LogP) is 1.44. The molecule has 1 heterocycles. The van der Waals surface area contributed by atoms with Crippen LogP contribution in [0.5, 0.6) is 0 Å². The number of benzene rings is 1. The Hall–Kier alpha value is -1.59. The largest absolute Gasteiger partial charge is 0.350 e. The van der Waals surface area contributed by atoms with E-state index in [0.29, 0.717) is 17.6 Å². The van der Waals surface area contributed by atoms with Crippen LogP contribution in [-0.2, 0) is 16.1 Å². The molecule has 0 spiro atoms. The van der Waals surface area contributed by atoms with E-state index in [1.54, 1.807) is 6.92 Å². The van der Waals surface area contributed by atoms with E-state index in [1.165, 1.54) is 12.8 Å². The molecule has 6 heteroatoms. The summed E-state index contributed by atoms with van der Waals surface area (Å²) in [6.07, 6.45) is 2.39. The van der Waals surface area contributed by atoms with Gasteiger partial charge in [-0.3, -0.25) is 14.9 Å². The van der Waals surface area contributed by atoms with E-state index in [9.17, 15) is 9.59 Å². The third-order valence-electron chi connectivity index (χ3n) is 3.97. The van der Waals surface area contributed by atoms with Gasteiger partial charge in [0.2, 0.25) is 11.8 Å². The first-order chi connectivity index (χ1) is 10.1. The Balaban J connectivity index is 1.90. The molecule has 2 N–H and O–H groups in total. The van der Waals surface area contributed by atoms with E-state index in [1.807, 2.05) is 23.1 Å². The molecule has 0 aromatic heterocycles. The molecule has 1 saturated heterocycles. The Morgan fingerprint density at radius 3 is 2.86 bits per heavy atom. The van der Waals surface area contributed by atoms with E-state index in [-0.39, 0.29) is 24.4 Å². The quantitative estimate of drug-likeness (QED) is 0.827. The van der Waals surface area contributed by atoms with Gasteiger partial charge < -0.3 is 10.2 Å². The Morgan fingerprint density at radius 2 is 2.14 bits per heavy atom. The molecule has 1 atom stereocenters. The summed E-state index contributed by atoms with van der Waals surface area (Å²) in [5, 5.41) is 6.45. The number of rotatable bonds is 4. The minimum atomic E-state index is -0.388. The van der Waals surface area contributed by atoms with Gasteiger partial charge in [-0.05, 0) is 31.9 Å². The maximum Gasteiger partial charge on any atom is 0.249 e. The molecule has 21 heavy (non-hydrogen) atoms. The highest BCUT2D eigenvalue weighted by atomic mass is 35.5. The second-order valence-corrected chi connectivity index (χ2v) is 6.02. The zero-order valence-electron chi connectivity index (χ0n) is 11.9. The molecule has 0 bridgehead atoms. The number of imide groups is 1. The molecule has 1 saturated carbocycles. The van der Waals surface area contributed by atoms with Gasteiger partial charge in [-0.1, -0.05) is 17.7 Å². The summed E-state index contributed by atoms with van der Waals surface area (Å²) in [6.45, 7) is 2.61. The number of nitrogens with one attached hydrogen (secondary N) is 2. The first kappa shape index (κ1) is 14.4. The summed E-state index contributed by atoms with van der Waals surface area (Å²) in [5.41, 5.74) is 1.80. The van der Waals surface area contributed by atoms with Crippen LogP contribution in [0.25, 0.3) is 0 Å². The number of nitrogens with zero attached hydrogens (tertiary/aromatic N) is 1. The first-order valence-electron chi connectivity index (χ1n) is 7.17. The van der Waals surface area contributed by atoms with E-state index in [4.69, 9.17) is 11.6 Å². The molecule has 112 valence electrons. The van der Waals surface area contributed by atoms with Crippen molar-refractivity contribution in [1.82, 2.24) is 10.6 Å². The summed E-state index contributed by atoms with van der Waals surface area (Å²) in [6, 6.07) is 5.78. The molecule has 5 nitrogen and oxygen atoms in total. The van der Waals surface area contributed by atoms with Crippen molar-refractivity contribution in [3.05, 3.63) is 28.8 Å². The lowest BCUT2D eigenvalue weighted by Crippen LogP contribution is -2.57. The van der Waals surface area contributed by atoms with Crippen LogP contribution in [0.4, 0.5) is 5.69 Å². The van der Waals surface area contributed by atoms with E-state index in [0.717, 1.165) is 11.3 Å². The van der Waals surface area contributed by atoms with Crippen LogP contribution in [0.2, 0.25) is 5.02 Å². The number of halogens is 1. The first-order valence-corrected chi connectivity index (χ1v) is 7.55. The average molecular weight is 308 g/mol. The smallest absolute Gasteiger partial charge is 0.249 e. The van der Waals surface area contributed by atoms with Crippen LogP contribution >= 0.6 is 11.6 Å². The highest BCUT2D eigenvalue weighted by Gasteiger charge is 2.32. The number of carbonyl (C=O) groups excluding carboxylic acids is 2. The second-order valence-electron chi connectivity index (χ2n) is 5.61. The van der Waals surface area contributed by atoms with E-state index < -0.39 is 0 Å². The van der Waals surface area contributed by atoms with Crippen molar-refractivity contribution >= 4 is 29.1 Å². The minimum absolute atomic E-state index is 0.170. The zero-order valence-corrected chi connectivity index (χ0v) is 12.6. The van der Waals surface area contributed by atoms with Crippen molar-refractivity contribution in [3.8, 4) is 0 Å². The summed E-state index contributed by atoms with van der Waals surface area (Å²) in [5.74, 6) is -0.550. The van der Waals surface area contributed by atoms with Crippen molar-refractivity contribution in [2.24, 2.45) is 0 Å². The summed E-state index contributed by atoms with van der Waals surface area (Å²) >= 11 is 6.32. The molecule has 2 amide bonds. The van der Waals surface area contributed by atoms with Gasteiger partial charge in [0.25, 0.3) is 0 Å². The maximum atomic E-state index is 11.8. The lowest BCUT2D eigenvalue weighted by molar-refractivity contribution is -0.132. The molecule has 0 radical (unpaired) electrons. The van der Waals surface area contributed by atoms with Gasteiger partial charge in [0.1, 0.15) is 6.04 Å². The van der Waals surface area contributed by atoms with Crippen molar-refractivity contribution < 1.29 is 9.59 Å². The van der Waals surface area contributed by atoms with Gasteiger partial charge in [0, 0.05) is 28.9 Å². The van der Waals surface area contributed by atoms with Gasteiger partial charge in [-0.15, -0.1) is 0 Å². The van der Waals surface area contributed by atoms with Crippen LogP contribution in [0, 0.1) is 0 Å². The predicted molar refractivity (Wildman–Crippen MR) is 81.3 cm³/mol. The number of carbonyl (C=O) groups is 2. The van der Waals surface area contributed by atoms with Gasteiger partial charge in [-0.2, -0.15) is 0 Å². The van der Waals surface area contributed by atoms with Crippen molar-refractivity contribution in [2.45, 2.75) is 38.4 Å².